The van der Waals surface area contributed by atoms with Crippen LogP contribution in [0.5, 0.6) is 0 Å². The van der Waals surface area contributed by atoms with E-state index in [9.17, 15) is 9.59 Å². The quantitative estimate of drug-likeness (QED) is 0.443. The molecule has 7 heteroatoms. The normalized spacial score (nSPS) is 10.5. The van der Waals surface area contributed by atoms with E-state index >= 15 is 0 Å². The third-order valence-corrected chi connectivity index (χ3v) is 3.97. The number of halogens is 1. The zero-order valence-corrected chi connectivity index (χ0v) is 15.6. The fourth-order valence-electron chi connectivity index (χ4n) is 1.98. The van der Waals surface area contributed by atoms with Gasteiger partial charge < -0.3 is 10.2 Å². The molecule has 0 fully saturated rings. The zero-order valence-electron chi connectivity index (χ0n) is 14.0. The van der Waals surface area contributed by atoms with Crippen molar-refractivity contribution in [3.05, 3.63) is 58.6 Å². The predicted octanol–water partition coefficient (Wildman–Crippen LogP) is 2.99. The van der Waals surface area contributed by atoms with E-state index in [2.05, 4.69) is 31.8 Å². The summed E-state index contributed by atoms with van der Waals surface area (Å²) in [4.78, 5) is 25.6. The van der Waals surface area contributed by atoms with Crippen LogP contribution in [0, 0.1) is 0 Å². The molecule has 2 amide bonds. The molecule has 130 valence electrons. The molecule has 0 aliphatic heterocycles. The largest absolute Gasteiger partial charge is 0.378 e. The van der Waals surface area contributed by atoms with Gasteiger partial charge in [-0.05, 0) is 45.8 Å². The molecule has 2 rings (SSSR count). The summed E-state index contributed by atoms with van der Waals surface area (Å²) in [5, 5.41) is 6.53. The Balaban J connectivity index is 1.81. The summed E-state index contributed by atoms with van der Waals surface area (Å²) < 4.78 is 0.753. The first-order chi connectivity index (χ1) is 12.0. The second-order valence-electron chi connectivity index (χ2n) is 5.48. The molecule has 0 radical (unpaired) electrons. The maximum atomic E-state index is 11.9. The van der Waals surface area contributed by atoms with E-state index in [1.807, 2.05) is 55.4 Å². The first kappa shape index (κ1) is 18.7. The highest BCUT2D eigenvalue weighted by Crippen LogP contribution is 2.21. The topological polar surface area (TPSA) is 73.8 Å². The van der Waals surface area contributed by atoms with E-state index in [1.165, 1.54) is 6.21 Å². The molecule has 2 N–H and O–H groups in total. The lowest BCUT2D eigenvalue weighted by atomic mass is 10.2. The number of anilines is 2. The fraction of sp³-hybridized carbons (Fsp3) is 0.167. The van der Waals surface area contributed by atoms with Gasteiger partial charge in [0.15, 0.2) is 0 Å². The Morgan fingerprint density at radius 1 is 1.08 bits per heavy atom. The smallest absolute Gasteiger partial charge is 0.249 e. The van der Waals surface area contributed by atoms with E-state index in [0.717, 1.165) is 15.7 Å². The Kier molecular flexibility index (Phi) is 6.71. The van der Waals surface area contributed by atoms with Gasteiger partial charge in [0.25, 0.3) is 0 Å². The van der Waals surface area contributed by atoms with Crippen molar-refractivity contribution in [1.29, 1.82) is 0 Å². The number of carbonyl (C=O) groups excluding carboxylic acids is 2. The van der Waals surface area contributed by atoms with E-state index in [4.69, 9.17) is 0 Å². The Bertz CT molecular complexity index is 773. The van der Waals surface area contributed by atoms with Crippen LogP contribution in [0.2, 0.25) is 0 Å². The lowest BCUT2D eigenvalue weighted by Crippen LogP contribution is -2.24. The third kappa shape index (κ3) is 6.04. The molecule has 0 atom stereocenters. The number of nitrogens with zero attached hydrogens (tertiary/aromatic N) is 2. The lowest BCUT2D eigenvalue weighted by molar-refractivity contribution is -0.126. The number of nitrogens with one attached hydrogen (secondary N) is 2. The molecule has 0 saturated carbocycles. The molecule has 0 unspecified atom stereocenters. The van der Waals surface area contributed by atoms with Crippen LogP contribution in [0.25, 0.3) is 0 Å². The number of benzene rings is 2. The van der Waals surface area contributed by atoms with Crippen molar-refractivity contribution in [2.45, 2.75) is 6.42 Å². The van der Waals surface area contributed by atoms with E-state index in [-0.39, 0.29) is 6.42 Å². The fourth-order valence-corrected chi connectivity index (χ4v) is 2.36. The summed E-state index contributed by atoms with van der Waals surface area (Å²) in [5.74, 6) is -0.888. The molecule has 0 saturated heterocycles. The first-order valence-electron chi connectivity index (χ1n) is 7.59. The average molecular weight is 403 g/mol. The first-order valence-corrected chi connectivity index (χ1v) is 8.38. The lowest BCUT2D eigenvalue weighted by Gasteiger charge is -2.11. The van der Waals surface area contributed by atoms with Gasteiger partial charge in [-0.3, -0.25) is 9.59 Å². The molecule has 25 heavy (non-hydrogen) atoms. The van der Waals surface area contributed by atoms with Crippen LogP contribution in [0.1, 0.15) is 12.0 Å². The van der Waals surface area contributed by atoms with Crippen LogP contribution in [-0.4, -0.2) is 32.1 Å². The molecular weight excluding hydrogens is 384 g/mol. The number of para-hydroxylation sites is 1. The maximum absolute atomic E-state index is 11.9. The number of hydrogen-bond donors (Lipinski definition) is 2. The summed E-state index contributed by atoms with van der Waals surface area (Å²) >= 11 is 3.33. The third-order valence-electron chi connectivity index (χ3n) is 3.28. The van der Waals surface area contributed by atoms with E-state index in [0.29, 0.717) is 5.69 Å². The number of rotatable bonds is 6. The number of hydrazone groups is 1. The number of hydrogen-bond acceptors (Lipinski definition) is 4. The van der Waals surface area contributed by atoms with Crippen molar-refractivity contribution in [2.24, 2.45) is 5.10 Å². The highest BCUT2D eigenvalue weighted by Gasteiger charge is 2.10. The second-order valence-corrected chi connectivity index (χ2v) is 6.34. The molecule has 0 aromatic heterocycles. The molecule has 0 bridgehead atoms. The van der Waals surface area contributed by atoms with Gasteiger partial charge >= 0.3 is 0 Å². The second kappa shape index (κ2) is 8.98. The molecule has 2 aromatic carbocycles. The molecule has 6 nitrogen and oxygen atoms in total. The standard InChI is InChI=1S/C18H19BrN4O2/c1-23(2)14-9-7-13(8-10-14)12-20-22-18(25)11-17(24)21-16-6-4-3-5-15(16)19/h3-10,12H,11H2,1-2H3,(H,21,24)(H,22,25). The summed E-state index contributed by atoms with van der Waals surface area (Å²) in [6.45, 7) is 0. The van der Waals surface area contributed by atoms with Crippen molar-refractivity contribution in [1.82, 2.24) is 5.43 Å². The van der Waals surface area contributed by atoms with Crippen LogP contribution < -0.4 is 15.6 Å². The van der Waals surface area contributed by atoms with Crippen molar-refractivity contribution < 1.29 is 9.59 Å². The van der Waals surface area contributed by atoms with Crippen LogP contribution in [0.3, 0.4) is 0 Å². The van der Waals surface area contributed by atoms with E-state index < -0.39 is 11.8 Å². The monoisotopic (exact) mass is 402 g/mol. The van der Waals surface area contributed by atoms with Gasteiger partial charge in [0, 0.05) is 24.3 Å². The van der Waals surface area contributed by atoms with Gasteiger partial charge in [-0.15, -0.1) is 0 Å². The summed E-state index contributed by atoms with van der Waals surface area (Å²) in [6.07, 6.45) is 1.22. The van der Waals surface area contributed by atoms with Gasteiger partial charge in [-0.25, -0.2) is 5.43 Å². The Hall–Kier alpha value is -2.67. The summed E-state index contributed by atoms with van der Waals surface area (Å²) in [7, 11) is 3.92. The Morgan fingerprint density at radius 3 is 2.40 bits per heavy atom. The van der Waals surface area contributed by atoms with E-state index in [1.54, 1.807) is 12.1 Å². The minimum absolute atomic E-state index is 0.307. The van der Waals surface area contributed by atoms with Crippen LogP contribution >= 0.6 is 15.9 Å². The minimum atomic E-state index is -0.481. The van der Waals surface area contributed by atoms with Crippen molar-refractivity contribution in [3.63, 3.8) is 0 Å². The molecule has 0 aliphatic carbocycles. The van der Waals surface area contributed by atoms with Crippen molar-refractivity contribution in [3.8, 4) is 0 Å². The zero-order chi connectivity index (χ0) is 18.2. The highest BCUT2D eigenvalue weighted by molar-refractivity contribution is 9.10. The minimum Gasteiger partial charge on any atom is -0.378 e. The Morgan fingerprint density at radius 2 is 1.76 bits per heavy atom. The molecule has 0 aliphatic rings. The maximum Gasteiger partial charge on any atom is 0.249 e. The van der Waals surface area contributed by atoms with Gasteiger partial charge in [-0.2, -0.15) is 5.10 Å². The Labute approximate surface area is 155 Å². The SMILES string of the molecule is CN(C)c1ccc(C=NNC(=O)CC(=O)Nc2ccccc2Br)cc1. The molecular formula is C18H19BrN4O2. The van der Waals surface area contributed by atoms with Gasteiger partial charge in [-0.1, -0.05) is 24.3 Å². The average Bonchev–Trinajstić information content (AvgIpc) is 2.57. The van der Waals surface area contributed by atoms with Crippen LogP contribution in [0.4, 0.5) is 11.4 Å². The number of carbonyl (C=O) groups is 2. The van der Waals surface area contributed by atoms with Gasteiger partial charge in [0.1, 0.15) is 6.42 Å². The van der Waals surface area contributed by atoms with Crippen molar-refractivity contribution >= 4 is 45.3 Å². The number of amides is 2. The molecule has 0 heterocycles. The van der Waals surface area contributed by atoms with Crippen molar-refractivity contribution in [2.75, 3.05) is 24.3 Å². The van der Waals surface area contributed by atoms with Crippen LogP contribution in [-0.2, 0) is 9.59 Å². The summed E-state index contributed by atoms with van der Waals surface area (Å²) in [6, 6.07) is 14.9. The highest BCUT2D eigenvalue weighted by atomic mass is 79.9. The summed E-state index contributed by atoms with van der Waals surface area (Å²) in [5.41, 5.74) is 4.89. The predicted molar refractivity (Wildman–Crippen MR) is 104 cm³/mol. The van der Waals surface area contributed by atoms with Crippen LogP contribution in [0.15, 0.2) is 58.1 Å². The molecule has 2 aromatic rings. The van der Waals surface area contributed by atoms with Gasteiger partial charge in [0.2, 0.25) is 11.8 Å². The molecule has 0 spiro atoms. The van der Waals surface area contributed by atoms with Gasteiger partial charge in [0.05, 0.1) is 11.9 Å².